The monoisotopic (exact) mass is 319 g/mol. The fourth-order valence-corrected chi connectivity index (χ4v) is 4.14. The number of nitrogens with one attached hydrogen (secondary N) is 1. The molecule has 1 saturated carbocycles. The quantitative estimate of drug-likeness (QED) is 0.898. The average molecular weight is 319 g/mol. The number of hydrogen-bond donors (Lipinski definition) is 1. The van der Waals surface area contributed by atoms with Gasteiger partial charge < -0.3 is 10.2 Å². The Balaban J connectivity index is 1.84. The summed E-state index contributed by atoms with van der Waals surface area (Å²) in [6, 6.07) is 0.229. The third-order valence-electron chi connectivity index (χ3n) is 3.98. The number of halogens is 3. The Morgan fingerprint density at radius 3 is 2.71 bits per heavy atom. The van der Waals surface area contributed by atoms with E-state index in [2.05, 4.69) is 10.3 Å². The summed E-state index contributed by atoms with van der Waals surface area (Å²) in [5, 5.41) is 3.95. The topological polar surface area (TPSA) is 28.2 Å². The fraction of sp³-hybridized carbons (Fsp3) is 0.786. The number of aryl methyl sites for hydroxylation is 1. The summed E-state index contributed by atoms with van der Waals surface area (Å²) in [6.07, 6.45) is 0.560. The van der Waals surface area contributed by atoms with Gasteiger partial charge in [0.1, 0.15) is 6.54 Å². The van der Waals surface area contributed by atoms with Crippen LogP contribution in [0.1, 0.15) is 49.2 Å². The molecule has 0 radical (unpaired) electrons. The van der Waals surface area contributed by atoms with Crippen LogP contribution in [0.3, 0.4) is 0 Å². The largest absolute Gasteiger partial charge is 0.406 e. The minimum Gasteiger partial charge on any atom is -0.336 e. The second-order valence-electron chi connectivity index (χ2n) is 5.78. The van der Waals surface area contributed by atoms with E-state index in [0.29, 0.717) is 5.13 Å². The minimum atomic E-state index is -4.17. The van der Waals surface area contributed by atoms with Gasteiger partial charge in [0.05, 0.1) is 11.7 Å². The summed E-state index contributed by atoms with van der Waals surface area (Å²) in [5.74, 6) is 0. The van der Waals surface area contributed by atoms with Crippen LogP contribution >= 0.6 is 11.3 Å². The summed E-state index contributed by atoms with van der Waals surface area (Å²) in [4.78, 5) is 7.20. The lowest BCUT2D eigenvalue weighted by molar-refractivity contribution is -0.120. The van der Waals surface area contributed by atoms with E-state index in [9.17, 15) is 13.2 Å². The number of aromatic nitrogens is 1. The number of rotatable bonds is 5. The van der Waals surface area contributed by atoms with Gasteiger partial charge in [0, 0.05) is 10.9 Å². The fourth-order valence-electron chi connectivity index (χ4n) is 2.91. The summed E-state index contributed by atoms with van der Waals surface area (Å²) >= 11 is 1.46. The highest BCUT2D eigenvalue weighted by molar-refractivity contribution is 7.15. The van der Waals surface area contributed by atoms with Gasteiger partial charge in [0.25, 0.3) is 0 Å². The van der Waals surface area contributed by atoms with Crippen LogP contribution in [0.2, 0.25) is 0 Å². The second-order valence-corrected chi connectivity index (χ2v) is 6.84. The maximum absolute atomic E-state index is 12.8. The van der Waals surface area contributed by atoms with Crippen molar-refractivity contribution >= 4 is 16.5 Å². The first-order valence-corrected chi connectivity index (χ1v) is 8.36. The number of thiazole rings is 1. The lowest BCUT2D eigenvalue weighted by Crippen LogP contribution is -2.36. The molecule has 0 spiro atoms. The molecule has 0 aromatic carbocycles. The van der Waals surface area contributed by atoms with Gasteiger partial charge in [-0.05, 0) is 38.6 Å². The van der Waals surface area contributed by atoms with Crippen molar-refractivity contribution in [3.8, 4) is 0 Å². The molecule has 2 aliphatic rings. The number of fused-ring (bicyclic) bond motifs is 1. The molecule has 3 nitrogen and oxygen atoms in total. The van der Waals surface area contributed by atoms with Crippen LogP contribution in [0, 0.1) is 0 Å². The van der Waals surface area contributed by atoms with Crippen LogP contribution < -0.4 is 10.2 Å². The number of alkyl halides is 3. The van der Waals surface area contributed by atoms with Gasteiger partial charge in [0.2, 0.25) is 0 Å². The maximum Gasteiger partial charge on any atom is 0.406 e. The number of nitrogens with zero attached hydrogens (tertiary/aromatic N) is 2. The standard InChI is InChI=1S/C14H20F3N3S/c1-2-18-10-4-3-5-11-12(10)19-13(21-11)20(9-6-7-9)8-14(15,16)17/h9-10,18H,2-8H2,1H3. The maximum atomic E-state index is 12.8. The van der Waals surface area contributed by atoms with Crippen LogP contribution in [0.4, 0.5) is 18.3 Å². The van der Waals surface area contributed by atoms with Crippen molar-refractivity contribution in [2.75, 3.05) is 18.0 Å². The van der Waals surface area contributed by atoms with Crippen molar-refractivity contribution in [2.24, 2.45) is 0 Å². The van der Waals surface area contributed by atoms with Gasteiger partial charge in [0.15, 0.2) is 5.13 Å². The molecule has 1 aromatic rings. The zero-order valence-electron chi connectivity index (χ0n) is 12.0. The van der Waals surface area contributed by atoms with Gasteiger partial charge >= 0.3 is 6.18 Å². The molecule has 0 saturated heterocycles. The first-order chi connectivity index (χ1) is 9.98. The van der Waals surface area contributed by atoms with E-state index >= 15 is 0 Å². The van der Waals surface area contributed by atoms with Gasteiger partial charge in [-0.1, -0.05) is 6.92 Å². The lowest BCUT2D eigenvalue weighted by Gasteiger charge is -2.23. The molecule has 21 heavy (non-hydrogen) atoms. The summed E-state index contributed by atoms with van der Waals surface area (Å²) in [5.41, 5.74) is 0.982. The molecule has 0 aliphatic heterocycles. The zero-order chi connectivity index (χ0) is 15.0. The Labute approximate surface area is 126 Å². The summed E-state index contributed by atoms with van der Waals surface area (Å²) in [7, 11) is 0. The lowest BCUT2D eigenvalue weighted by atomic mass is 9.98. The Morgan fingerprint density at radius 2 is 2.10 bits per heavy atom. The first-order valence-electron chi connectivity index (χ1n) is 7.54. The Kier molecular flexibility index (Phi) is 4.14. The third-order valence-corrected chi connectivity index (χ3v) is 5.14. The highest BCUT2D eigenvalue weighted by Gasteiger charge is 2.40. The third kappa shape index (κ3) is 3.51. The molecule has 118 valence electrons. The second kappa shape index (κ2) is 5.76. The summed E-state index contributed by atoms with van der Waals surface area (Å²) < 4.78 is 38.3. The molecular formula is C14H20F3N3S. The molecule has 3 rings (SSSR count). The first kappa shape index (κ1) is 15.1. The molecular weight excluding hydrogens is 299 g/mol. The van der Waals surface area contributed by atoms with Crippen molar-refractivity contribution in [3.63, 3.8) is 0 Å². The van der Waals surface area contributed by atoms with Gasteiger partial charge in [-0.25, -0.2) is 4.98 Å². The minimum absolute atomic E-state index is 0.0248. The smallest absolute Gasteiger partial charge is 0.336 e. The molecule has 0 bridgehead atoms. The van der Waals surface area contributed by atoms with E-state index in [4.69, 9.17) is 0 Å². The van der Waals surface area contributed by atoms with E-state index < -0.39 is 12.7 Å². The molecule has 1 atom stereocenters. The van der Waals surface area contributed by atoms with Gasteiger partial charge in [-0.2, -0.15) is 13.2 Å². The number of anilines is 1. The molecule has 1 fully saturated rings. The predicted octanol–water partition coefficient (Wildman–Crippen LogP) is 3.66. The van der Waals surface area contributed by atoms with Crippen molar-refractivity contribution in [3.05, 3.63) is 10.6 Å². The van der Waals surface area contributed by atoms with Crippen molar-refractivity contribution in [2.45, 2.75) is 57.3 Å². The number of hydrogen-bond acceptors (Lipinski definition) is 4. The van der Waals surface area contributed by atoms with Crippen LogP contribution in [-0.2, 0) is 6.42 Å². The van der Waals surface area contributed by atoms with Crippen LogP contribution in [-0.4, -0.2) is 30.3 Å². The highest BCUT2D eigenvalue weighted by atomic mass is 32.1. The highest BCUT2D eigenvalue weighted by Crippen LogP contribution is 2.41. The van der Waals surface area contributed by atoms with Gasteiger partial charge in [-0.15, -0.1) is 11.3 Å². The van der Waals surface area contributed by atoms with Crippen molar-refractivity contribution in [1.29, 1.82) is 0 Å². The van der Waals surface area contributed by atoms with Crippen molar-refractivity contribution < 1.29 is 13.2 Å². The van der Waals surface area contributed by atoms with E-state index in [1.54, 1.807) is 0 Å². The van der Waals surface area contributed by atoms with Crippen LogP contribution in [0.25, 0.3) is 0 Å². The van der Waals surface area contributed by atoms with E-state index in [1.165, 1.54) is 16.2 Å². The molecule has 1 N–H and O–H groups in total. The predicted molar refractivity (Wildman–Crippen MR) is 77.9 cm³/mol. The molecule has 1 unspecified atom stereocenters. The Morgan fingerprint density at radius 1 is 1.33 bits per heavy atom. The zero-order valence-corrected chi connectivity index (χ0v) is 12.9. The normalized spacial score (nSPS) is 22.2. The van der Waals surface area contributed by atoms with E-state index in [-0.39, 0.29) is 12.1 Å². The van der Waals surface area contributed by atoms with Crippen LogP contribution in [0.15, 0.2) is 0 Å². The van der Waals surface area contributed by atoms with Gasteiger partial charge in [-0.3, -0.25) is 0 Å². The molecule has 2 aliphatic carbocycles. The SMILES string of the molecule is CCNC1CCCc2sc(N(CC(F)(F)F)C3CC3)nc21. The van der Waals surface area contributed by atoms with Crippen molar-refractivity contribution in [1.82, 2.24) is 10.3 Å². The van der Waals surface area contributed by atoms with Crippen LogP contribution in [0.5, 0.6) is 0 Å². The molecule has 1 aromatic heterocycles. The molecule has 1 heterocycles. The van der Waals surface area contributed by atoms with E-state index in [1.807, 2.05) is 6.92 Å². The van der Waals surface area contributed by atoms with E-state index in [0.717, 1.165) is 49.2 Å². The Bertz CT molecular complexity index is 496. The Hall–Kier alpha value is -0.820. The summed E-state index contributed by atoms with van der Waals surface area (Å²) in [6.45, 7) is 2.02. The molecule has 0 amide bonds. The molecule has 7 heteroatoms. The average Bonchev–Trinajstić information content (AvgIpc) is 3.14.